The number of aryl methyl sites for hydroxylation is 1. The first-order valence-electron chi connectivity index (χ1n) is 6.10. The van der Waals surface area contributed by atoms with Crippen LogP contribution in [0.25, 0.3) is 0 Å². The van der Waals surface area contributed by atoms with Crippen molar-refractivity contribution in [2.45, 2.75) is 25.7 Å². The Labute approximate surface area is 108 Å². The summed E-state index contributed by atoms with van der Waals surface area (Å²) in [6.45, 7) is 3.05. The van der Waals surface area contributed by atoms with Crippen LogP contribution in [0.1, 0.15) is 30.3 Å². The summed E-state index contributed by atoms with van der Waals surface area (Å²) in [5, 5.41) is 0. The van der Waals surface area contributed by atoms with Gasteiger partial charge in [-0.2, -0.15) is 17.0 Å². The van der Waals surface area contributed by atoms with E-state index in [4.69, 9.17) is 0 Å². The van der Waals surface area contributed by atoms with Gasteiger partial charge in [-0.05, 0) is 19.8 Å². The Balaban J connectivity index is 2.14. The molecule has 1 aromatic heterocycles. The molecule has 1 fully saturated rings. The van der Waals surface area contributed by atoms with Crippen LogP contribution in [0.4, 0.5) is 0 Å². The predicted molar refractivity (Wildman–Crippen MR) is 69.5 cm³/mol. The number of aromatic amines is 1. The van der Waals surface area contributed by atoms with Gasteiger partial charge in [-0.3, -0.25) is 0 Å². The van der Waals surface area contributed by atoms with E-state index in [-0.39, 0.29) is 5.92 Å². The van der Waals surface area contributed by atoms with Crippen LogP contribution >= 0.6 is 0 Å². The van der Waals surface area contributed by atoms with E-state index in [1.54, 1.807) is 24.6 Å². The van der Waals surface area contributed by atoms with Gasteiger partial charge in [-0.1, -0.05) is 0 Å². The van der Waals surface area contributed by atoms with Crippen molar-refractivity contribution in [2.75, 3.05) is 27.2 Å². The van der Waals surface area contributed by atoms with E-state index < -0.39 is 10.2 Å². The minimum Gasteiger partial charge on any atom is -0.346 e. The van der Waals surface area contributed by atoms with Crippen LogP contribution in [0.2, 0.25) is 0 Å². The average Bonchev–Trinajstić information content (AvgIpc) is 2.76. The molecular formula is C11H20N4O2S. The highest BCUT2D eigenvalue weighted by Gasteiger charge is 2.31. The molecule has 102 valence electrons. The zero-order valence-electron chi connectivity index (χ0n) is 11.0. The number of hydrogen-bond donors (Lipinski definition) is 1. The summed E-state index contributed by atoms with van der Waals surface area (Å²) in [5.74, 6) is 1.06. The van der Waals surface area contributed by atoms with Crippen molar-refractivity contribution in [3.63, 3.8) is 0 Å². The van der Waals surface area contributed by atoms with Gasteiger partial charge in [0.15, 0.2) is 0 Å². The lowest BCUT2D eigenvalue weighted by Gasteiger charge is -2.32. The summed E-state index contributed by atoms with van der Waals surface area (Å²) >= 11 is 0. The average molecular weight is 272 g/mol. The molecule has 18 heavy (non-hydrogen) atoms. The molecule has 6 nitrogen and oxygen atoms in total. The lowest BCUT2D eigenvalue weighted by atomic mass is 9.99. The first-order chi connectivity index (χ1) is 8.41. The van der Waals surface area contributed by atoms with Gasteiger partial charge in [0, 0.05) is 45.0 Å². The molecule has 1 aliphatic heterocycles. The highest BCUT2D eigenvalue weighted by Crippen LogP contribution is 2.26. The van der Waals surface area contributed by atoms with Gasteiger partial charge in [0.05, 0.1) is 0 Å². The molecule has 1 unspecified atom stereocenters. The SMILES string of the molecule is Cc1cnc(C2CCCN(S(=O)(=O)N(C)C)C2)[nH]1. The molecule has 7 heteroatoms. The van der Waals surface area contributed by atoms with Crippen LogP contribution < -0.4 is 0 Å². The molecule has 0 saturated carbocycles. The Hall–Kier alpha value is -0.920. The molecule has 0 spiro atoms. The van der Waals surface area contributed by atoms with Crippen molar-refractivity contribution in [2.24, 2.45) is 0 Å². The van der Waals surface area contributed by atoms with Crippen LogP contribution in [0, 0.1) is 6.92 Å². The van der Waals surface area contributed by atoms with Gasteiger partial charge in [0.2, 0.25) is 0 Å². The van der Waals surface area contributed by atoms with Crippen molar-refractivity contribution in [3.8, 4) is 0 Å². The molecule has 1 saturated heterocycles. The summed E-state index contributed by atoms with van der Waals surface area (Å²) in [4.78, 5) is 7.51. The maximum atomic E-state index is 12.1. The molecule has 1 aromatic rings. The zero-order chi connectivity index (χ0) is 13.3. The summed E-state index contributed by atoms with van der Waals surface area (Å²) in [6.07, 6.45) is 3.64. The zero-order valence-corrected chi connectivity index (χ0v) is 11.9. The van der Waals surface area contributed by atoms with E-state index in [1.807, 2.05) is 6.92 Å². The summed E-state index contributed by atoms with van der Waals surface area (Å²) in [7, 11) is -0.178. The Morgan fingerprint density at radius 1 is 1.50 bits per heavy atom. The molecule has 2 heterocycles. The minimum atomic E-state index is -3.31. The van der Waals surface area contributed by atoms with Crippen LogP contribution in [0.3, 0.4) is 0 Å². The Bertz CT molecular complexity index is 509. The van der Waals surface area contributed by atoms with E-state index in [0.717, 1.165) is 24.4 Å². The molecular weight excluding hydrogens is 252 g/mol. The number of piperidine rings is 1. The topological polar surface area (TPSA) is 69.3 Å². The van der Waals surface area contributed by atoms with Gasteiger partial charge in [-0.25, -0.2) is 4.98 Å². The molecule has 1 atom stereocenters. The largest absolute Gasteiger partial charge is 0.346 e. The number of nitrogens with one attached hydrogen (secondary N) is 1. The summed E-state index contributed by atoms with van der Waals surface area (Å²) in [6, 6.07) is 0. The second-order valence-corrected chi connectivity index (χ2v) is 7.08. The predicted octanol–water partition coefficient (Wildman–Crippen LogP) is 0.704. The maximum Gasteiger partial charge on any atom is 0.281 e. The second-order valence-electron chi connectivity index (χ2n) is 4.94. The lowest BCUT2D eigenvalue weighted by Crippen LogP contribution is -2.45. The molecule has 0 aliphatic carbocycles. The van der Waals surface area contributed by atoms with Crippen LogP contribution in [0.15, 0.2) is 6.20 Å². The number of aromatic nitrogens is 2. The minimum absolute atomic E-state index is 0.169. The summed E-state index contributed by atoms with van der Waals surface area (Å²) < 4.78 is 27.0. The molecule has 0 amide bonds. The van der Waals surface area contributed by atoms with E-state index in [2.05, 4.69) is 9.97 Å². The van der Waals surface area contributed by atoms with Crippen molar-refractivity contribution in [1.29, 1.82) is 0 Å². The third-order valence-electron chi connectivity index (χ3n) is 3.28. The molecule has 1 N–H and O–H groups in total. The number of hydrogen-bond acceptors (Lipinski definition) is 3. The van der Waals surface area contributed by atoms with Gasteiger partial charge in [-0.15, -0.1) is 0 Å². The van der Waals surface area contributed by atoms with Crippen LogP contribution in [-0.4, -0.2) is 54.2 Å². The number of nitrogens with zero attached hydrogens (tertiary/aromatic N) is 3. The third kappa shape index (κ3) is 2.57. The fraction of sp³-hybridized carbons (Fsp3) is 0.727. The smallest absolute Gasteiger partial charge is 0.281 e. The molecule has 0 aromatic carbocycles. The number of rotatable bonds is 3. The summed E-state index contributed by atoms with van der Waals surface area (Å²) in [5.41, 5.74) is 1.01. The fourth-order valence-electron chi connectivity index (χ4n) is 2.25. The van der Waals surface area contributed by atoms with Crippen molar-refractivity contribution in [3.05, 3.63) is 17.7 Å². The van der Waals surface area contributed by atoms with E-state index in [1.165, 1.54) is 4.31 Å². The second kappa shape index (κ2) is 4.99. The van der Waals surface area contributed by atoms with E-state index >= 15 is 0 Å². The van der Waals surface area contributed by atoms with Crippen molar-refractivity contribution >= 4 is 10.2 Å². The highest BCUT2D eigenvalue weighted by molar-refractivity contribution is 7.86. The van der Waals surface area contributed by atoms with Gasteiger partial charge in [0.1, 0.15) is 5.82 Å². The first-order valence-corrected chi connectivity index (χ1v) is 7.50. The molecule has 0 bridgehead atoms. The van der Waals surface area contributed by atoms with Gasteiger partial charge in [0.25, 0.3) is 10.2 Å². The van der Waals surface area contributed by atoms with Crippen LogP contribution in [-0.2, 0) is 10.2 Å². The van der Waals surface area contributed by atoms with Crippen LogP contribution in [0.5, 0.6) is 0 Å². The van der Waals surface area contributed by atoms with Crippen molar-refractivity contribution in [1.82, 2.24) is 18.6 Å². The Kier molecular flexibility index (Phi) is 3.74. The molecule has 0 radical (unpaired) electrons. The lowest BCUT2D eigenvalue weighted by molar-refractivity contribution is 0.294. The highest BCUT2D eigenvalue weighted by atomic mass is 32.2. The Morgan fingerprint density at radius 3 is 2.78 bits per heavy atom. The number of imidazole rings is 1. The number of H-pyrrole nitrogens is 1. The van der Waals surface area contributed by atoms with Gasteiger partial charge < -0.3 is 4.98 Å². The fourth-order valence-corrected chi connectivity index (χ4v) is 3.44. The standard InChI is InChI=1S/C11H20N4O2S/c1-9-7-12-11(13-9)10-5-4-6-15(8-10)18(16,17)14(2)3/h7,10H,4-6,8H2,1-3H3,(H,12,13). The van der Waals surface area contributed by atoms with E-state index in [0.29, 0.717) is 13.1 Å². The third-order valence-corrected chi connectivity index (χ3v) is 5.19. The Morgan fingerprint density at radius 2 is 2.22 bits per heavy atom. The monoisotopic (exact) mass is 272 g/mol. The van der Waals surface area contributed by atoms with Crippen molar-refractivity contribution < 1.29 is 8.42 Å². The molecule has 2 rings (SSSR count). The van der Waals surface area contributed by atoms with Gasteiger partial charge >= 0.3 is 0 Å². The molecule has 1 aliphatic rings. The normalized spacial score (nSPS) is 22.6. The quantitative estimate of drug-likeness (QED) is 0.881. The van der Waals surface area contributed by atoms with E-state index in [9.17, 15) is 8.42 Å². The maximum absolute atomic E-state index is 12.1. The first kappa shape index (κ1) is 13.5.